The van der Waals surface area contributed by atoms with E-state index >= 15 is 0 Å². The summed E-state index contributed by atoms with van der Waals surface area (Å²) in [5, 5.41) is 0. The van der Waals surface area contributed by atoms with Crippen LogP contribution in [0.5, 0.6) is 0 Å². The van der Waals surface area contributed by atoms with Crippen molar-refractivity contribution in [3.63, 3.8) is 0 Å². The maximum Gasteiger partial charge on any atom is 0.0876 e. The molecule has 1 saturated carbocycles. The molecule has 1 heterocycles. The quantitative estimate of drug-likeness (QED) is 0.711. The number of halogens is 1. The number of hydrogen-bond donors (Lipinski definition) is 0. The van der Waals surface area contributed by atoms with Gasteiger partial charge in [-0.1, -0.05) is 0 Å². The maximum atomic E-state index is 12.7. The molecule has 0 bridgehead atoms. The molecule has 0 spiro atoms. The normalized spacial score (nSPS) is 32.5. The van der Waals surface area contributed by atoms with E-state index in [2.05, 4.69) is 4.90 Å². The second-order valence-electron chi connectivity index (χ2n) is 4.76. The minimum Gasteiger partial charge on any atom is -0.380 e. The molecule has 2 nitrogen and oxygen atoms in total. The first kappa shape index (κ1) is 11.1. The van der Waals surface area contributed by atoms with Crippen molar-refractivity contribution >= 4 is 0 Å². The lowest BCUT2D eigenvalue weighted by atomic mass is 10.0. The van der Waals surface area contributed by atoms with Gasteiger partial charge in [0.1, 0.15) is 0 Å². The van der Waals surface area contributed by atoms with Crippen molar-refractivity contribution in [3.8, 4) is 0 Å². The third-order valence-corrected chi connectivity index (χ3v) is 3.61. The fourth-order valence-corrected chi connectivity index (χ4v) is 2.48. The van der Waals surface area contributed by atoms with Gasteiger partial charge in [0.2, 0.25) is 0 Å². The van der Waals surface area contributed by atoms with Crippen molar-refractivity contribution in [2.45, 2.75) is 38.3 Å². The highest BCUT2D eigenvalue weighted by Crippen LogP contribution is 2.35. The summed E-state index contributed by atoms with van der Waals surface area (Å²) in [6.45, 7) is 4.14. The average Bonchev–Trinajstić information content (AvgIpc) is 2.96. The summed E-state index contributed by atoms with van der Waals surface area (Å²) >= 11 is 0. The highest BCUT2D eigenvalue weighted by atomic mass is 19.1. The average molecular weight is 213 g/mol. The standard InChI is InChI=1S/C12H20FNO/c1-9(15-2)12-11(7-13)5-6-14(12)8-10-3-4-10/h7,9-10,12H,3-6,8H2,1-2H3/b11-7-/t9-,12+/m0/s1. The molecule has 0 aromatic rings. The molecule has 1 saturated heterocycles. The lowest BCUT2D eigenvalue weighted by Gasteiger charge is -2.29. The van der Waals surface area contributed by atoms with Gasteiger partial charge in [-0.05, 0) is 37.7 Å². The van der Waals surface area contributed by atoms with Gasteiger partial charge < -0.3 is 4.74 Å². The molecular formula is C12H20FNO. The van der Waals surface area contributed by atoms with E-state index in [-0.39, 0.29) is 12.1 Å². The summed E-state index contributed by atoms with van der Waals surface area (Å²) < 4.78 is 18.1. The van der Waals surface area contributed by atoms with Crippen molar-refractivity contribution in [3.05, 3.63) is 11.9 Å². The van der Waals surface area contributed by atoms with E-state index in [1.54, 1.807) is 7.11 Å². The zero-order valence-electron chi connectivity index (χ0n) is 9.58. The molecule has 0 aromatic heterocycles. The first-order valence-corrected chi connectivity index (χ1v) is 5.82. The third-order valence-electron chi connectivity index (χ3n) is 3.61. The van der Waals surface area contributed by atoms with Gasteiger partial charge >= 0.3 is 0 Å². The SMILES string of the molecule is CO[C@@H](C)[C@@H]1/C(=C\F)CCN1CC1CC1. The van der Waals surface area contributed by atoms with E-state index in [9.17, 15) is 4.39 Å². The van der Waals surface area contributed by atoms with E-state index < -0.39 is 0 Å². The summed E-state index contributed by atoms with van der Waals surface area (Å²) in [5.41, 5.74) is 0.907. The maximum absolute atomic E-state index is 12.7. The van der Waals surface area contributed by atoms with Crippen LogP contribution >= 0.6 is 0 Å². The Hall–Kier alpha value is -0.410. The summed E-state index contributed by atoms with van der Waals surface area (Å²) in [6.07, 6.45) is 4.43. The number of methoxy groups -OCH3 is 1. The fraction of sp³-hybridized carbons (Fsp3) is 0.833. The molecule has 0 radical (unpaired) electrons. The van der Waals surface area contributed by atoms with Crippen molar-refractivity contribution in [1.82, 2.24) is 4.90 Å². The van der Waals surface area contributed by atoms with Gasteiger partial charge in [0.05, 0.1) is 18.5 Å². The van der Waals surface area contributed by atoms with Crippen molar-refractivity contribution in [1.29, 1.82) is 0 Å². The van der Waals surface area contributed by atoms with Crippen LogP contribution in [0.2, 0.25) is 0 Å². The van der Waals surface area contributed by atoms with E-state index in [0.717, 1.165) is 37.3 Å². The van der Waals surface area contributed by atoms with Gasteiger partial charge in [-0.2, -0.15) is 0 Å². The van der Waals surface area contributed by atoms with Gasteiger partial charge in [-0.15, -0.1) is 0 Å². The Labute approximate surface area is 91.1 Å². The van der Waals surface area contributed by atoms with Crippen molar-refractivity contribution < 1.29 is 9.13 Å². The van der Waals surface area contributed by atoms with Crippen LogP contribution in [0, 0.1) is 5.92 Å². The zero-order chi connectivity index (χ0) is 10.8. The van der Waals surface area contributed by atoms with Crippen LogP contribution in [0.3, 0.4) is 0 Å². The molecule has 0 amide bonds. The molecule has 2 fully saturated rings. The lowest BCUT2D eigenvalue weighted by Crippen LogP contribution is -2.40. The first-order valence-electron chi connectivity index (χ1n) is 5.82. The highest BCUT2D eigenvalue weighted by molar-refractivity contribution is 5.16. The monoisotopic (exact) mass is 213 g/mol. The predicted octanol–water partition coefficient (Wildman–Crippen LogP) is 2.36. The number of likely N-dealkylation sites (tertiary alicyclic amines) is 1. The molecule has 86 valence electrons. The van der Waals surface area contributed by atoms with Gasteiger partial charge in [-0.3, -0.25) is 4.90 Å². The Balaban J connectivity index is 2.02. The Morgan fingerprint density at radius 3 is 2.87 bits per heavy atom. The smallest absolute Gasteiger partial charge is 0.0876 e. The Morgan fingerprint density at radius 2 is 2.33 bits per heavy atom. The molecule has 0 aromatic carbocycles. The summed E-state index contributed by atoms with van der Waals surface area (Å²) in [6, 6.07) is 0.167. The zero-order valence-corrected chi connectivity index (χ0v) is 9.58. The second-order valence-corrected chi connectivity index (χ2v) is 4.76. The molecular weight excluding hydrogens is 193 g/mol. The number of ether oxygens (including phenoxy) is 1. The summed E-state index contributed by atoms with van der Waals surface area (Å²) in [7, 11) is 1.70. The first-order chi connectivity index (χ1) is 7.26. The van der Waals surface area contributed by atoms with Crippen LogP contribution in [-0.2, 0) is 4.74 Å². The van der Waals surface area contributed by atoms with E-state index in [0.29, 0.717) is 0 Å². The van der Waals surface area contributed by atoms with Gasteiger partial charge in [0, 0.05) is 20.2 Å². The van der Waals surface area contributed by atoms with E-state index in [1.165, 1.54) is 12.8 Å². The molecule has 0 N–H and O–H groups in total. The van der Waals surface area contributed by atoms with Crippen LogP contribution in [0.25, 0.3) is 0 Å². The van der Waals surface area contributed by atoms with Crippen LogP contribution in [-0.4, -0.2) is 37.2 Å². The largest absolute Gasteiger partial charge is 0.380 e. The second kappa shape index (κ2) is 4.62. The summed E-state index contributed by atoms with van der Waals surface area (Å²) in [4.78, 5) is 2.39. The molecule has 1 aliphatic carbocycles. The molecule has 15 heavy (non-hydrogen) atoms. The Morgan fingerprint density at radius 1 is 1.60 bits per heavy atom. The van der Waals surface area contributed by atoms with Gasteiger partial charge in [0.15, 0.2) is 0 Å². The lowest BCUT2D eigenvalue weighted by molar-refractivity contribution is 0.0534. The van der Waals surface area contributed by atoms with Crippen molar-refractivity contribution in [2.75, 3.05) is 20.2 Å². The fourth-order valence-electron chi connectivity index (χ4n) is 2.48. The van der Waals surface area contributed by atoms with E-state index in [1.807, 2.05) is 6.92 Å². The van der Waals surface area contributed by atoms with Gasteiger partial charge in [-0.25, -0.2) is 4.39 Å². The van der Waals surface area contributed by atoms with Crippen LogP contribution < -0.4 is 0 Å². The van der Waals surface area contributed by atoms with E-state index in [4.69, 9.17) is 4.74 Å². The Kier molecular flexibility index (Phi) is 3.42. The number of hydrogen-bond acceptors (Lipinski definition) is 2. The van der Waals surface area contributed by atoms with Crippen molar-refractivity contribution in [2.24, 2.45) is 5.92 Å². The Bertz CT molecular complexity index is 250. The summed E-state index contributed by atoms with van der Waals surface area (Å²) in [5.74, 6) is 0.857. The predicted molar refractivity (Wildman–Crippen MR) is 58.4 cm³/mol. The molecule has 2 atom stereocenters. The van der Waals surface area contributed by atoms with Crippen LogP contribution in [0.15, 0.2) is 11.9 Å². The topological polar surface area (TPSA) is 12.5 Å². The highest BCUT2D eigenvalue weighted by Gasteiger charge is 2.36. The molecule has 1 aliphatic heterocycles. The minimum absolute atomic E-state index is 0.0910. The minimum atomic E-state index is 0.0910. The molecule has 2 aliphatic rings. The third kappa shape index (κ3) is 2.40. The number of rotatable bonds is 4. The van der Waals surface area contributed by atoms with Crippen LogP contribution in [0.4, 0.5) is 4.39 Å². The molecule has 3 heteroatoms. The molecule has 2 rings (SSSR count). The number of nitrogens with zero attached hydrogens (tertiary/aromatic N) is 1. The molecule has 0 unspecified atom stereocenters. The van der Waals surface area contributed by atoms with Crippen LogP contribution in [0.1, 0.15) is 26.2 Å². The van der Waals surface area contributed by atoms with Gasteiger partial charge in [0.25, 0.3) is 0 Å².